The first-order chi connectivity index (χ1) is 14.6. The van der Waals surface area contributed by atoms with E-state index in [0.717, 1.165) is 11.1 Å². The summed E-state index contributed by atoms with van der Waals surface area (Å²) in [5, 5.41) is 12.2. The third-order valence-electron chi connectivity index (χ3n) is 4.71. The van der Waals surface area contributed by atoms with Gasteiger partial charge < -0.3 is 14.5 Å². The predicted molar refractivity (Wildman–Crippen MR) is 114 cm³/mol. The lowest BCUT2D eigenvalue weighted by molar-refractivity contribution is 0.415. The summed E-state index contributed by atoms with van der Waals surface area (Å²) in [5.41, 5.74) is 2.63. The minimum Gasteiger partial charge on any atom is -0.495 e. The van der Waals surface area contributed by atoms with Crippen molar-refractivity contribution in [2.75, 3.05) is 12.4 Å². The van der Waals surface area contributed by atoms with Crippen molar-refractivity contribution in [3.05, 3.63) is 94.6 Å². The number of hydrogen-bond donors (Lipinski definition) is 1. The van der Waals surface area contributed by atoms with Gasteiger partial charge in [-0.15, -0.1) is 10.2 Å². The van der Waals surface area contributed by atoms with E-state index in [1.165, 1.54) is 6.07 Å². The Kier molecular flexibility index (Phi) is 5.68. The average Bonchev–Trinajstić information content (AvgIpc) is 3.25. The van der Waals surface area contributed by atoms with Crippen molar-refractivity contribution in [1.29, 1.82) is 0 Å². The summed E-state index contributed by atoms with van der Waals surface area (Å²) in [4.78, 5) is 0. The molecule has 7 heteroatoms. The van der Waals surface area contributed by atoms with Crippen LogP contribution in [-0.2, 0) is 0 Å². The summed E-state index contributed by atoms with van der Waals surface area (Å²) < 4.78 is 26.1. The van der Waals surface area contributed by atoms with Crippen molar-refractivity contribution in [3.8, 4) is 17.2 Å². The molecule has 0 aliphatic rings. The molecule has 0 saturated carbocycles. The summed E-state index contributed by atoms with van der Waals surface area (Å²) >= 11 is 6.22. The van der Waals surface area contributed by atoms with E-state index in [1.807, 2.05) is 43.3 Å². The van der Waals surface area contributed by atoms with Gasteiger partial charge in [0.1, 0.15) is 17.6 Å². The molecule has 0 saturated heterocycles. The molecule has 4 rings (SSSR count). The molecule has 30 heavy (non-hydrogen) atoms. The number of halogens is 2. The number of nitrogens with zero attached hydrogens (tertiary/aromatic N) is 2. The first kappa shape index (κ1) is 19.9. The van der Waals surface area contributed by atoms with E-state index in [1.54, 1.807) is 31.4 Å². The standard InChI is InChI=1S/C23H19ClFN3O2/c1-14-12-19(20(29-2)13-17(14)24)26-21(16-10-6-7-11-18(16)25)23-28-27-22(30-23)15-8-4-3-5-9-15/h3-13,21,26H,1-2H3/t21-/m1/s1. The predicted octanol–water partition coefficient (Wildman–Crippen LogP) is 6.05. The number of hydrogen-bond acceptors (Lipinski definition) is 5. The Bertz CT molecular complexity index is 1160. The van der Waals surface area contributed by atoms with Gasteiger partial charge >= 0.3 is 0 Å². The van der Waals surface area contributed by atoms with Crippen LogP contribution in [0.15, 0.2) is 71.1 Å². The van der Waals surface area contributed by atoms with Gasteiger partial charge in [0, 0.05) is 22.2 Å². The number of ether oxygens (including phenoxy) is 1. The first-order valence-corrected chi connectivity index (χ1v) is 9.68. The normalized spacial score (nSPS) is 11.9. The molecule has 0 aliphatic heterocycles. The highest BCUT2D eigenvalue weighted by Crippen LogP contribution is 2.36. The van der Waals surface area contributed by atoms with Gasteiger partial charge in [-0.25, -0.2) is 4.39 Å². The quantitative estimate of drug-likeness (QED) is 0.409. The lowest BCUT2D eigenvalue weighted by Gasteiger charge is -2.20. The van der Waals surface area contributed by atoms with Crippen LogP contribution in [-0.4, -0.2) is 17.3 Å². The highest BCUT2D eigenvalue weighted by Gasteiger charge is 2.25. The van der Waals surface area contributed by atoms with Crippen molar-refractivity contribution >= 4 is 17.3 Å². The largest absolute Gasteiger partial charge is 0.495 e. The molecule has 0 spiro atoms. The maximum atomic E-state index is 14.7. The Labute approximate surface area is 178 Å². The molecular formula is C23H19ClFN3O2. The van der Waals surface area contributed by atoms with Gasteiger partial charge in [0.05, 0.1) is 12.8 Å². The van der Waals surface area contributed by atoms with E-state index in [0.29, 0.717) is 27.9 Å². The molecule has 152 valence electrons. The van der Waals surface area contributed by atoms with Gasteiger partial charge in [-0.05, 0) is 36.8 Å². The molecule has 1 aromatic heterocycles. The van der Waals surface area contributed by atoms with Crippen LogP contribution >= 0.6 is 11.6 Å². The van der Waals surface area contributed by atoms with Gasteiger partial charge in [0.15, 0.2) is 0 Å². The van der Waals surface area contributed by atoms with E-state index in [9.17, 15) is 4.39 Å². The van der Waals surface area contributed by atoms with Crippen molar-refractivity contribution in [2.45, 2.75) is 13.0 Å². The number of nitrogens with one attached hydrogen (secondary N) is 1. The van der Waals surface area contributed by atoms with Crippen LogP contribution in [0.2, 0.25) is 5.02 Å². The number of methoxy groups -OCH3 is 1. The molecule has 5 nitrogen and oxygen atoms in total. The molecule has 4 aromatic rings. The highest BCUT2D eigenvalue weighted by atomic mass is 35.5. The minimum atomic E-state index is -0.731. The van der Waals surface area contributed by atoms with Crippen LogP contribution in [0.25, 0.3) is 11.5 Å². The fourth-order valence-electron chi connectivity index (χ4n) is 3.13. The van der Waals surface area contributed by atoms with Gasteiger partial charge in [0.2, 0.25) is 11.8 Å². The zero-order chi connectivity index (χ0) is 21.1. The zero-order valence-corrected chi connectivity index (χ0v) is 17.2. The molecule has 3 aromatic carbocycles. The summed E-state index contributed by atoms with van der Waals surface area (Å²) in [5.74, 6) is 0.718. The number of rotatable bonds is 6. The van der Waals surface area contributed by atoms with Crippen molar-refractivity contribution in [1.82, 2.24) is 10.2 Å². The molecule has 1 heterocycles. The molecule has 0 unspecified atom stereocenters. The Morgan fingerprint density at radius 3 is 2.50 bits per heavy atom. The Morgan fingerprint density at radius 1 is 1.03 bits per heavy atom. The van der Waals surface area contributed by atoms with Gasteiger partial charge in [-0.2, -0.15) is 0 Å². The van der Waals surface area contributed by atoms with E-state index in [-0.39, 0.29) is 11.7 Å². The molecule has 1 atom stereocenters. The van der Waals surface area contributed by atoms with Gasteiger partial charge in [-0.1, -0.05) is 48.0 Å². The monoisotopic (exact) mass is 423 g/mol. The third-order valence-corrected chi connectivity index (χ3v) is 5.11. The molecule has 0 radical (unpaired) electrons. The number of benzene rings is 3. The lowest BCUT2D eigenvalue weighted by atomic mass is 10.1. The van der Waals surface area contributed by atoms with Gasteiger partial charge in [-0.3, -0.25) is 0 Å². The fraction of sp³-hybridized carbons (Fsp3) is 0.130. The van der Waals surface area contributed by atoms with Crippen molar-refractivity contribution in [3.63, 3.8) is 0 Å². The SMILES string of the molecule is COc1cc(Cl)c(C)cc1N[C@@H](c1nnc(-c2ccccc2)o1)c1ccccc1F. The van der Waals surface area contributed by atoms with Crippen LogP contribution < -0.4 is 10.1 Å². The summed E-state index contributed by atoms with van der Waals surface area (Å²) in [6.45, 7) is 1.88. The van der Waals surface area contributed by atoms with E-state index < -0.39 is 6.04 Å². The molecule has 0 fully saturated rings. The van der Waals surface area contributed by atoms with Crippen LogP contribution in [0.5, 0.6) is 5.75 Å². The van der Waals surface area contributed by atoms with E-state index in [2.05, 4.69) is 15.5 Å². The molecule has 1 N–H and O–H groups in total. The molecular weight excluding hydrogens is 405 g/mol. The third kappa shape index (κ3) is 4.00. The fourth-order valence-corrected chi connectivity index (χ4v) is 3.28. The second-order valence-corrected chi connectivity index (χ2v) is 7.12. The highest BCUT2D eigenvalue weighted by molar-refractivity contribution is 6.31. The van der Waals surface area contributed by atoms with Crippen LogP contribution in [0.1, 0.15) is 23.1 Å². The first-order valence-electron chi connectivity index (χ1n) is 9.30. The van der Waals surface area contributed by atoms with Crippen LogP contribution in [0, 0.1) is 12.7 Å². The number of anilines is 1. The van der Waals surface area contributed by atoms with E-state index in [4.69, 9.17) is 20.8 Å². The lowest BCUT2D eigenvalue weighted by Crippen LogP contribution is -2.15. The van der Waals surface area contributed by atoms with Gasteiger partial charge in [0.25, 0.3) is 0 Å². The number of aromatic nitrogens is 2. The van der Waals surface area contributed by atoms with Crippen LogP contribution in [0.4, 0.5) is 10.1 Å². The second kappa shape index (κ2) is 8.55. The Morgan fingerprint density at radius 2 is 1.77 bits per heavy atom. The maximum absolute atomic E-state index is 14.7. The Hall–Kier alpha value is -3.38. The second-order valence-electron chi connectivity index (χ2n) is 6.71. The van der Waals surface area contributed by atoms with Crippen LogP contribution in [0.3, 0.4) is 0 Å². The van der Waals surface area contributed by atoms with Crippen molar-refractivity contribution < 1.29 is 13.5 Å². The van der Waals surface area contributed by atoms with E-state index >= 15 is 0 Å². The summed E-state index contributed by atoms with van der Waals surface area (Å²) in [6.07, 6.45) is 0. The van der Waals surface area contributed by atoms with Crippen molar-refractivity contribution in [2.24, 2.45) is 0 Å². The average molecular weight is 424 g/mol. The molecule has 0 aliphatic carbocycles. The number of aryl methyl sites for hydroxylation is 1. The molecule has 0 bridgehead atoms. The minimum absolute atomic E-state index is 0.230. The molecule has 0 amide bonds. The maximum Gasteiger partial charge on any atom is 0.247 e. The Balaban J connectivity index is 1.78. The zero-order valence-electron chi connectivity index (χ0n) is 16.4. The smallest absolute Gasteiger partial charge is 0.247 e. The summed E-state index contributed by atoms with van der Waals surface area (Å²) in [7, 11) is 1.55. The topological polar surface area (TPSA) is 60.2 Å². The summed E-state index contributed by atoms with van der Waals surface area (Å²) in [6, 6.07) is 18.7.